The molecule has 1 fully saturated rings. The van der Waals surface area contributed by atoms with E-state index in [0.29, 0.717) is 5.25 Å². The van der Waals surface area contributed by atoms with E-state index in [-0.39, 0.29) is 11.9 Å². The van der Waals surface area contributed by atoms with Crippen LogP contribution >= 0.6 is 11.8 Å². The van der Waals surface area contributed by atoms with Gasteiger partial charge in [-0.2, -0.15) is 11.8 Å². The molecule has 0 aromatic rings. The Morgan fingerprint density at radius 1 is 1.80 bits per heavy atom. The first-order chi connectivity index (χ1) is 4.72. The molecule has 0 aromatic carbocycles. The van der Waals surface area contributed by atoms with Crippen molar-refractivity contribution in [2.24, 2.45) is 5.73 Å². The number of carbonyl (C=O) groups excluding carboxylic acids is 1. The number of amides is 1. The van der Waals surface area contributed by atoms with Gasteiger partial charge >= 0.3 is 0 Å². The minimum absolute atomic E-state index is 0.126. The second-order valence-corrected chi connectivity index (χ2v) is 3.90. The normalized spacial score (nSPS) is 33.7. The predicted octanol–water partition coefficient (Wildman–Crippen LogP) is -0.435. The van der Waals surface area contributed by atoms with Crippen molar-refractivity contribution in [1.82, 2.24) is 5.32 Å². The molecule has 1 amide bonds. The van der Waals surface area contributed by atoms with Crippen molar-refractivity contribution in [2.75, 3.05) is 12.3 Å². The molecule has 1 aliphatic rings. The van der Waals surface area contributed by atoms with Crippen molar-refractivity contribution in [2.45, 2.75) is 18.2 Å². The molecule has 0 saturated carbocycles. The maximum absolute atomic E-state index is 10.7. The lowest BCUT2D eigenvalue weighted by molar-refractivity contribution is -0.119. The summed E-state index contributed by atoms with van der Waals surface area (Å²) < 4.78 is 0. The zero-order valence-corrected chi connectivity index (χ0v) is 6.78. The van der Waals surface area contributed by atoms with Crippen molar-refractivity contribution >= 4 is 17.7 Å². The molecule has 4 heteroatoms. The van der Waals surface area contributed by atoms with E-state index < -0.39 is 0 Å². The van der Waals surface area contributed by atoms with Crippen molar-refractivity contribution in [3.8, 4) is 0 Å². The number of thioether (sulfide) groups is 1. The molecule has 10 heavy (non-hydrogen) atoms. The Bertz CT molecular complexity index is 140. The fourth-order valence-electron chi connectivity index (χ4n) is 1.05. The van der Waals surface area contributed by atoms with Gasteiger partial charge in [0.05, 0.1) is 6.04 Å². The average Bonchev–Trinajstić information content (AvgIpc) is 1.88. The van der Waals surface area contributed by atoms with Crippen molar-refractivity contribution in [3.05, 3.63) is 0 Å². The van der Waals surface area contributed by atoms with Crippen LogP contribution in [-0.2, 0) is 4.79 Å². The zero-order valence-electron chi connectivity index (χ0n) is 5.96. The number of rotatable bonds is 1. The molecule has 0 aliphatic carbocycles. The third-order valence-electron chi connectivity index (χ3n) is 1.62. The first-order valence-corrected chi connectivity index (χ1v) is 4.41. The monoisotopic (exact) mass is 160 g/mol. The Morgan fingerprint density at radius 2 is 2.50 bits per heavy atom. The van der Waals surface area contributed by atoms with Gasteiger partial charge in [-0.25, -0.2) is 0 Å². The second kappa shape index (κ2) is 3.25. The largest absolute Gasteiger partial charge is 0.368 e. The van der Waals surface area contributed by atoms with E-state index in [1.54, 1.807) is 11.8 Å². The molecule has 0 spiro atoms. The van der Waals surface area contributed by atoms with Gasteiger partial charge < -0.3 is 11.1 Å². The average molecular weight is 160 g/mol. The van der Waals surface area contributed by atoms with E-state index in [9.17, 15) is 4.79 Å². The Kier molecular flexibility index (Phi) is 2.56. The van der Waals surface area contributed by atoms with E-state index in [2.05, 4.69) is 5.32 Å². The van der Waals surface area contributed by atoms with Gasteiger partial charge in [-0.1, -0.05) is 6.92 Å². The smallest absolute Gasteiger partial charge is 0.235 e. The van der Waals surface area contributed by atoms with Crippen LogP contribution in [0.1, 0.15) is 6.92 Å². The molecule has 3 nitrogen and oxygen atoms in total. The molecule has 1 aliphatic heterocycles. The molecule has 3 N–H and O–H groups in total. The summed E-state index contributed by atoms with van der Waals surface area (Å²) in [4.78, 5) is 10.7. The molecule has 0 radical (unpaired) electrons. The molecule has 2 unspecified atom stereocenters. The molecule has 2 atom stereocenters. The third-order valence-corrected chi connectivity index (χ3v) is 2.86. The van der Waals surface area contributed by atoms with Crippen LogP contribution in [0, 0.1) is 0 Å². The lowest BCUT2D eigenvalue weighted by Crippen LogP contribution is -2.50. The van der Waals surface area contributed by atoms with Crippen molar-refractivity contribution in [3.63, 3.8) is 0 Å². The highest BCUT2D eigenvalue weighted by Crippen LogP contribution is 2.17. The highest BCUT2D eigenvalue weighted by Gasteiger charge is 2.25. The zero-order chi connectivity index (χ0) is 7.56. The number of hydrogen-bond donors (Lipinski definition) is 2. The van der Waals surface area contributed by atoms with Gasteiger partial charge in [-0.05, 0) is 0 Å². The highest BCUT2D eigenvalue weighted by molar-refractivity contribution is 8.00. The highest BCUT2D eigenvalue weighted by atomic mass is 32.2. The van der Waals surface area contributed by atoms with Gasteiger partial charge in [0, 0.05) is 17.5 Å². The predicted molar refractivity (Wildman–Crippen MR) is 42.9 cm³/mol. The summed E-state index contributed by atoms with van der Waals surface area (Å²) in [5.41, 5.74) is 5.14. The molecular formula is C6H12N2OS. The molecule has 0 aromatic heterocycles. The van der Waals surface area contributed by atoms with Crippen LogP contribution in [0.3, 0.4) is 0 Å². The first kappa shape index (κ1) is 7.88. The molecule has 1 rings (SSSR count). The standard InChI is InChI=1S/C6H12N2OS/c1-4-5(6(7)9)8-2-3-10-4/h4-5,8H,2-3H2,1H3,(H2,7,9). The van der Waals surface area contributed by atoms with Crippen LogP contribution in [0.5, 0.6) is 0 Å². The number of carbonyl (C=O) groups is 1. The van der Waals surface area contributed by atoms with Crippen LogP contribution < -0.4 is 11.1 Å². The SMILES string of the molecule is CC1SCCNC1C(N)=O. The summed E-state index contributed by atoms with van der Waals surface area (Å²) in [6.45, 7) is 2.91. The van der Waals surface area contributed by atoms with Crippen LogP contribution in [0.4, 0.5) is 0 Å². The Hall–Kier alpha value is -0.220. The van der Waals surface area contributed by atoms with Gasteiger partial charge in [0.25, 0.3) is 0 Å². The Morgan fingerprint density at radius 3 is 2.90 bits per heavy atom. The minimum atomic E-state index is -0.236. The van der Waals surface area contributed by atoms with Crippen LogP contribution in [0.25, 0.3) is 0 Å². The third kappa shape index (κ3) is 1.64. The number of nitrogens with two attached hydrogens (primary N) is 1. The van der Waals surface area contributed by atoms with Gasteiger partial charge in [0.1, 0.15) is 0 Å². The summed E-state index contributed by atoms with van der Waals surface area (Å²) in [5, 5.41) is 3.40. The molecule has 58 valence electrons. The summed E-state index contributed by atoms with van der Waals surface area (Å²) in [6.07, 6.45) is 0. The van der Waals surface area contributed by atoms with Crippen LogP contribution in [-0.4, -0.2) is 29.5 Å². The van der Waals surface area contributed by atoms with E-state index >= 15 is 0 Å². The topological polar surface area (TPSA) is 55.1 Å². The molecular weight excluding hydrogens is 148 g/mol. The van der Waals surface area contributed by atoms with Gasteiger partial charge in [0.15, 0.2) is 0 Å². The van der Waals surface area contributed by atoms with E-state index in [1.807, 2.05) is 6.92 Å². The number of nitrogens with one attached hydrogen (secondary N) is 1. The lowest BCUT2D eigenvalue weighted by atomic mass is 10.2. The molecule has 0 bridgehead atoms. The quantitative estimate of drug-likeness (QED) is 0.547. The van der Waals surface area contributed by atoms with E-state index in [0.717, 1.165) is 12.3 Å². The maximum atomic E-state index is 10.7. The maximum Gasteiger partial charge on any atom is 0.235 e. The summed E-state index contributed by atoms with van der Waals surface area (Å²) in [6, 6.07) is -0.126. The number of hydrogen-bond acceptors (Lipinski definition) is 3. The summed E-state index contributed by atoms with van der Waals surface area (Å²) in [7, 11) is 0. The van der Waals surface area contributed by atoms with E-state index in [1.165, 1.54) is 0 Å². The van der Waals surface area contributed by atoms with Gasteiger partial charge in [0.2, 0.25) is 5.91 Å². The Labute approximate surface area is 64.7 Å². The lowest BCUT2D eigenvalue weighted by Gasteiger charge is -2.26. The van der Waals surface area contributed by atoms with Crippen molar-refractivity contribution in [1.29, 1.82) is 0 Å². The molecule has 1 saturated heterocycles. The summed E-state index contributed by atoms with van der Waals surface area (Å²) >= 11 is 1.79. The summed E-state index contributed by atoms with van der Waals surface area (Å²) in [5.74, 6) is 0.838. The van der Waals surface area contributed by atoms with E-state index in [4.69, 9.17) is 5.73 Å². The first-order valence-electron chi connectivity index (χ1n) is 3.36. The minimum Gasteiger partial charge on any atom is -0.368 e. The van der Waals surface area contributed by atoms with Gasteiger partial charge in [-0.15, -0.1) is 0 Å². The van der Waals surface area contributed by atoms with Gasteiger partial charge in [-0.3, -0.25) is 4.79 Å². The Balaban J connectivity index is 2.47. The van der Waals surface area contributed by atoms with Crippen LogP contribution in [0.15, 0.2) is 0 Å². The fourth-order valence-corrected chi connectivity index (χ4v) is 2.08. The van der Waals surface area contributed by atoms with Crippen molar-refractivity contribution < 1.29 is 4.79 Å². The fraction of sp³-hybridized carbons (Fsp3) is 0.833. The second-order valence-electron chi connectivity index (χ2n) is 2.41. The molecule has 1 heterocycles. The number of primary amides is 1. The van der Waals surface area contributed by atoms with Crippen LogP contribution in [0.2, 0.25) is 0 Å².